The maximum absolute atomic E-state index is 12.7. The predicted molar refractivity (Wildman–Crippen MR) is 111 cm³/mol. The molecular weight excluding hydrogens is 384 g/mol. The van der Waals surface area contributed by atoms with E-state index in [1.807, 2.05) is 31.2 Å². The molecule has 2 heterocycles. The number of rotatable bonds is 5. The molecule has 0 aliphatic rings. The summed E-state index contributed by atoms with van der Waals surface area (Å²) in [5, 5.41) is 10.7. The van der Waals surface area contributed by atoms with E-state index in [1.165, 1.54) is 22.5 Å². The van der Waals surface area contributed by atoms with Gasteiger partial charge in [0.05, 0.1) is 5.69 Å². The molecule has 4 aromatic rings. The maximum Gasteiger partial charge on any atom is 0.284 e. The number of Topliss-reactive ketones (excluding diaryl/α,β-unsaturated/α-hetero) is 1. The van der Waals surface area contributed by atoms with Gasteiger partial charge in [0.2, 0.25) is 5.91 Å². The average Bonchev–Trinajstić information content (AvgIpc) is 3.16. The minimum atomic E-state index is -0.458. The summed E-state index contributed by atoms with van der Waals surface area (Å²) in [6.07, 6.45) is 1.30. The topological polar surface area (TPSA) is 112 Å². The second-order valence-electron chi connectivity index (χ2n) is 6.87. The minimum Gasteiger partial charge on any atom is -0.325 e. The largest absolute Gasteiger partial charge is 0.325 e. The molecule has 150 valence electrons. The van der Waals surface area contributed by atoms with Crippen molar-refractivity contribution in [1.82, 2.24) is 24.5 Å². The smallest absolute Gasteiger partial charge is 0.284 e. The van der Waals surface area contributed by atoms with Crippen LogP contribution in [0.2, 0.25) is 0 Å². The summed E-state index contributed by atoms with van der Waals surface area (Å²) in [5.41, 5.74) is 2.85. The van der Waals surface area contributed by atoms with E-state index in [4.69, 9.17) is 0 Å². The second-order valence-corrected chi connectivity index (χ2v) is 6.87. The molecule has 0 bridgehead atoms. The summed E-state index contributed by atoms with van der Waals surface area (Å²) < 4.78 is 2.66. The van der Waals surface area contributed by atoms with E-state index in [0.29, 0.717) is 16.9 Å². The third-order valence-corrected chi connectivity index (χ3v) is 4.60. The summed E-state index contributed by atoms with van der Waals surface area (Å²) in [5.74, 6) is -0.461. The third kappa shape index (κ3) is 3.72. The van der Waals surface area contributed by atoms with Crippen molar-refractivity contribution >= 4 is 28.5 Å². The van der Waals surface area contributed by atoms with E-state index in [-0.39, 0.29) is 17.8 Å². The first kappa shape index (κ1) is 19.2. The zero-order valence-electron chi connectivity index (χ0n) is 16.4. The standard InChI is InChI=1S/C21H18N6O3/c1-13-3-9-17(10-4-13)27-20-19(24-25-27)21(30)26(12-22-20)11-18(29)23-16-7-5-15(6-8-16)14(2)28/h3-10,12H,11H2,1-2H3,(H,23,29). The van der Waals surface area contributed by atoms with Gasteiger partial charge in [-0.1, -0.05) is 22.9 Å². The number of carbonyl (C=O) groups is 2. The number of ketones is 1. The average molecular weight is 402 g/mol. The Morgan fingerprint density at radius 3 is 2.40 bits per heavy atom. The summed E-state index contributed by atoms with van der Waals surface area (Å²) in [4.78, 5) is 40.7. The highest BCUT2D eigenvalue weighted by Gasteiger charge is 2.15. The molecule has 0 atom stereocenters. The number of hydrogen-bond acceptors (Lipinski definition) is 6. The maximum atomic E-state index is 12.7. The van der Waals surface area contributed by atoms with Crippen molar-refractivity contribution in [3.63, 3.8) is 0 Å². The molecule has 0 saturated carbocycles. The van der Waals surface area contributed by atoms with Gasteiger partial charge in [-0.3, -0.25) is 19.0 Å². The molecule has 0 aliphatic heterocycles. The number of nitrogens with one attached hydrogen (secondary N) is 1. The van der Waals surface area contributed by atoms with Gasteiger partial charge in [0.25, 0.3) is 5.56 Å². The fourth-order valence-corrected chi connectivity index (χ4v) is 2.96. The van der Waals surface area contributed by atoms with Gasteiger partial charge < -0.3 is 5.32 Å². The van der Waals surface area contributed by atoms with E-state index in [0.717, 1.165) is 11.3 Å². The van der Waals surface area contributed by atoms with Crippen molar-refractivity contribution in [3.8, 4) is 5.69 Å². The van der Waals surface area contributed by atoms with Crippen molar-refractivity contribution < 1.29 is 9.59 Å². The molecule has 0 fully saturated rings. The monoisotopic (exact) mass is 402 g/mol. The Labute approximate surface area is 171 Å². The van der Waals surface area contributed by atoms with Crippen LogP contribution >= 0.6 is 0 Å². The summed E-state index contributed by atoms with van der Waals surface area (Å²) >= 11 is 0. The van der Waals surface area contributed by atoms with Crippen molar-refractivity contribution in [3.05, 3.63) is 76.3 Å². The lowest BCUT2D eigenvalue weighted by Gasteiger charge is -2.08. The number of fused-ring (bicyclic) bond motifs is 1. The minimum absolute atomic E-state index is 0.0579. The van der Waals surface area contributed by atoms with Gasteiger partial charge in [-0.05, 0) is 50.2 Å². The van der Waals surface area contributed by atoms with Gasteiger partial charge in [0.1, 0.15) is 12.9 Å². The van der Waals surface area contributed by atoms with Crippen LogP contribution in [0.3, 0.4) is 0 Å². The molecule has 1 N–H and O–H groups in total. The van der Waals surface area contributed by atoms with Gasteiger partial charge in [0, 0.05) is 11.3 Å². The fraction of sp³-hybridized carbons (Fsp3) is 0.143. The van der Waals surface area contributed by atoms with E-state index in [9.17, 15) is 14.4 Å². The van der Waals surface area contributed by atoms with Crippen LogP contribution in [0.5, 0.6) is 0 Å². The first-order chi connectivity index (χ1) is 14.4. The molecule has 4 rings (SSSR count). The van der Waals surface area contributed by atoms with Crippen LogP contribution in [-0.2, 0) is 11.3 Å². The highest BCUT2D eigenvalue weighted by atomic mass is 16.2. The SMILES string of the molecule is CC(=O)c1ccc(NC(=O)Cn2cnc3c(nnn3-c3ccc(C)cc3)c2=O)cc1. The van der Waals surface area contributed by atoms with Gasteiger partial charge in [-0.25, -0.2) is 4.98 Å². The van der Waals surface area contributed by atoms with E-state index < -0.39 is 11.5 Å². The summed E-state index contributed by atoms with van der Waals surface area (Å²) in [6, 6.07) is 14.1. The Bertz CT molecular complexity index is 1300. The Balaban J connectivity index is 1.55. The van der Waals surface area contributed by atoms with Crippen LogP contribution in [0.25, 0.3) is 16.9 Å². The van der Waals surface area contributed by atoms with E-state index in [2.05, 4.69) is 20.6 Å². The van der Waals surface area contributed by atoms with E-state index >= 15 is 0 Å². The lowest BCUT2D eigenvalue weighted by atomic mass is 10.1. The third-order valence-electron chi connectivity index (χ3n) is 4.60. The van der Waals surface area contributed by atoms with Crippen molar-refractivity contribution in [2.75, 3.05) is 5.32 Å². The van der Waals surface area contributed by atoms with Crippen LogP contribution in [-0.4, -0.2) is 36.2 Å². The quantitative estimate of drug-likeness (QED) is 0.512. The Morgan fingerprint density at radius 1 is 1.03 bits per heavy atom. The number of carbonyl (C=O) groups excluding carboxylic acids is 2. The Kier molecular flexibility index (Phi) is 4.93. The fourth-order valence-electron chi connectivity index (χ4n) is 2.96. The number of hydrogen-bond donors (Lipinski definition) is 1. The van der Waals surface area contributed by atoms with Crippen LogP contribution in [0.15, 0.2) is 59.7 Å². The lowest BCUT2D eigenvalue weighted by Crippen LogP contribution is -2.28. The number of benzene rings is 2. The number of anilines is 1. The number of aryl methyl sites for hydroxylation is 1. The second kappa shape index (κ2) is 7.70. The molecular formula is C21H18N6O3. The van der Waals surface area contributed by atoms with Crippen molar-refractivity contribution in [1.29, 1.82) is 0 Å². The summed E-state index contributed by atoms with van der Waals surface area (Å²) in [7, 11) is 0. The first-order valence-electron chi connectivity index (χ1n) is 9.21. The van der Waals surface area contributed by atoms with Gasteiger partial charge in [0.15, 0.2) is 16.9 Å². The zero-order valence-corrected chi connectivity index (χ0v) is 16.4. The molecule has 0 spiro atoms. The van der Waals surface area contributed by atoms with Gasteiger partial charge in [-0.2, -0.15) is 4.68 Å². The van der Waals surface area contributed by atoms with Crippen LogP contribution in [0.1, 0.15) is 22.8 Å². The molecule has 2 aromatic heterocycles. The van der Waals surface area contributed by atoms with Crippen molar-refractivity contribution in [2.45, 2.75) is 20.4 Å². The molecule has 0 aliphatic carbocycles. The zero-order chi connectivity index (χ0) is 21.3. The Morgan fingerprint density at radius 2 is 1.73 bits per heavy atom. The molecule has 9 nitrogen and oxygen atoms in total. The Hall–Kier alpha value is -4.14. The van der Waals surface area contributed by atoms with Crippen molar-refractivity contribution in [2.24, 2.45) is 0 Å². The van der Waals surface area contributed by atoms with Gasteiger partial charge in [-0.15, -0.1) is 5.10 Å². The molecule has 0 saturated heterocycles. The predicted octanol–water partition coefficient (Wildman–Crippen LogP) is 2.13. The molecule has 0 unspecified atom stereocenters. The van der Waals surface area contributed by atoms with Crippen LogP contribution in [0, 0.1) is 6.92 Å². The first-order valence-corrected chi connectivity index (χ1v) is 9.21. The lowest BCUT2D eigenvalue weighted by molar-refractivity contribution is -0.116. The molecule has 2 aromatic carbocycles. The summed E-state index contributed by atoms with van der Waals surface area (Å²) in [6.45, 7) is 3.22. The number of nitrogens with zero attached hydrogens (tertiary/aromatic N) is 5. The van der Waals surface area contributed by atoms with Gasteiger partial charge >= 0.3 is 0 Å². The molecule has 0 radical (unpaired) electrons. The number of amides is 1. The van der Waals surface area contributed by atoms with Crippen LogP contribution < -0.4 is 10.9 Å². The number of aromatic nitrogens is 5. The molecule has 9 heteroatoms. The van der Waals surface area contributed by atoms with E-state index in [1.54, 1.807) is 24.3 Å². The normalized spacial score (nSPS) is 10.9. The highest BCUT2D eigenvalue weighted by Crippen LogP contribution is 2.13. The molecule has 30 heavy (non-hydrogen) atoms. The van der Waals surface area contributed by atoms with Crippen LogP contribution in [0.4, 0.5) is 5.69 Å². The highest BCUT2D eigenvalue weighted by molar-refractivity contribution is 5.95. The molecule has 1 amide bonds.